The molecule has 2 rings (SSSR count). The fraction of sp³-hybridized carbons (Fsp3) is 0. The van der Waals surface area contributed by atoms with E-state index >= 15 is 0 Å². The topological polar surface area (TPSA) is 68.2 Å². The van der Waals surface area contributed by atoms with Crippen molar-refractivity contribution in [2.45, 2.75) is 0 Å². The predicted octanol–water partition coefficient (Wildman–Crippen LogP) is 0.978. The number of para-hydroxylation sites is 1. The second kappa shape index (κ2) is 2.52. The minimum atomic E-state index is -0.538. The van der Waals surface area contributed by atoms with Crippen molar-refractivity contribution >= 4 is 16.8 Å². The largest absolute Gasteiger partial charge is 0.428 e. The van der Waals surface area contributed by atoms with Crippen LogP contribution >= 0.6 is 0 Å². The number of hydrogen-bond acceptors (Lipinski definition) is 2. The smallest absolute Gasteiger partial charge is 0.251 e. The lowest BCUT2D eigenvalue weighted by molar-refractivity contribution is 0.0999. The highest BCUT2D eigenvalue weighted by atomic mass is 16.5. The van der Waals surface area contributed by atoms with Gasteiger partial charge >= 0.3 is 0 Å². The van der Waals surface area contributed by atoms with Gasteiger partial charge in [-0.2, -0.15) is 4.73 Å². The van der Waals surface area contributed by atoms with Gasteiger partial charge in [0.15, 0.2) is 0 Å². The summed E-state index contributed by atoms with van der Waals surface area (Å²) in [4.78, 5) is 10.9. The molecule has 4 heteroatoms. The quantitative estimate of drug-likeness (QED) is 0.636. The zero-order valence-corrected chi connectivity index (χ0v) is 6.77. The van der Waals surface area contributed by atoms with Crippen molar-refractivity contribution in [2.75, 3.05) is 0 Å². The average Bonchev–Trinajstić information content (AvgIpc) is 2.45. The van der Waals surface area contributed by atoms with Crippen LogP contribution in [0.15, 0.2) is 30.5 Å². The van der Waals surface area contributed by atoms with Crippen molar-refractivity contribution in [3.05, 3.63) is 36.0 Å². The van der Waals surface area contributed by atoms with Crippen LogP contribution in [0.5, 0.6) is 0 Å². The Hall–Kier alpha value is -1.97. The number of primary amides is 1. The molecule has 1 heterocycles. The number of carbonyl (C=O) groups is 1. The molecule has 0 aliphatic rings. The summed E-state index contributed by atoms with van der Waals surface area (Å²) < 4.78 is 0.898. The first-order valence-corrected chi connectivity index (χ1v) is 3.79. The molecule has 0 bridgehead atoms. The third-order valence-corrected chi connectivity index (χ3v) is 1.96. The second-order valence-corrected chi connectivity index (χ2v) is 2.77. The Balaban J connectivity index is 2.85. The van der Waals surface area contributed by atoms with Crippen LogP contribution in [0.25, 0.3) is 10.9 Å². The molecule has 66 valence electrons. The molecular formula is C9H8N2O2. The van der Waals surface area contributed by atoms with Gasteiger partial charge in [0.2, 0.25) is 0 Å². The first kappa shape index (κ1) is 7.67. The molecule has 0 fully saturated rings. The first-order chi connectivity index (χ1) is 6.20. The van der Waals surface area contributed by atoms with Crippen molar-refractivity contribution in [3.8, 4) is 0 Å². The van der Waals surface area contributed by atoms with E-state index < -0.39 is 5.91 Å². The van der Waals surface area contributed by atoms with Gasteiger partial charge in [-0.05, 0) is 6.07 Å². The van der Waals surface area contributed by atoms with Gasteiger partial charge in [0.05, 0.1) is 17.3 Å². The number of amides is 1. The number of rotatable bonds is 1. The molecule has 0 aliphatic heterocycles. The van der Waals surface area contributed by atoms with Crippen molar-refractivity contribution in [2.24, 2.45) is 5.73 Å². The molecule has 0 atom stereocenters. The summed E-state index contributed by atoms with van der Waals surface area (Å²) in [5.41, 5.74) is 6.04. The van der Waals surface area contributed by atoms with Gasteiger partial charge in [0, 0.05) is 5.39 Å². The molecule has 1 aromatic heterocycles. The molecule has 3 N–H and O–H groups in total. The van der Waals surface area contributed by atoms with E-state index in [1.165, 1.54) is 6.20 Å². The maximum absolute atomic E-state index is 10.9. The maximum Gasteiger partial charge on any atom is 0.251 e. The van der Waals surface area contributed by atoms with E-state index in [0.717, 1.165) is 4.73 Å². The second-order valence-electron chi connectivity index (χ2n) is 2.77. The molecule has 0 radical (unpaired) electrons. The van der Waals surface area contributed by atoms with Gasteiger partial charge in [-0.3, -0.25) is 4.79 Å². The van der Waals surface area contributed by atoms with Gasteiger partial charge in [-0.25, -0.2) is 0 Å². The van der Waals surface area contributed by atoms with Crippen LogP contribution in [0.2, 0.25) is 0 Å². The van der Waals surface area contributed by atoms with Gasteiger partial charge in [0.25, 0.3) is 5.91 Å². The summed E-state index contributed by atoms with van der Waals surface area (Å²) in [6.45, 7) is 0. The molecule has 0 unspecified atom stereocenters. The molecule has 0 aliphatic carbocycles. The highest BCUT2D eigenvalue weighted by Crippen LogP contribution is 2.18. The van der Waals surface area contributed by atoms with E-state index in [0.29, 0.717) is 16.5 Å². The number of nitrogens with zero attached hydrogens (tertiary/aromatic N) is 1. The van der Waals surface area contributed by atoms with Gasteiger partial charge in [-0.1, -0.05) is 18.2 Å². The Kier molecular flexibility index (Phi) is 1.48. The molecule has 1 aromatic carbocycles. The van der Waals surface area contributed by atoms with E-state index in [9.17, 15) is 10.0 Å². The Bertz CT molecular complexity index is 473. The van der Waals surface area contributed by atoms with E-state index in [1.54, 1.807) is 24.3 Å². The number of benzene rings is 1. The SMILES string of the molecule is NC(=O)c1cn(O)c2ccccc12. The normalized spacial score (nSPS) is 10.5. The van der Waals surface area contributed by atoms with Crippen LogP contribution < -0.4 is 5.73 Å². The third kappa shape index (κ3) is 1.03. The number of fused-ring (bicyclic) bond motifs is 1. The fourth-order valence-corrected chi connectivity index (χ4v) is 1.36. The molecule has 4 nitrogen and oxygen atoms in total. The van der Waals surface area contributed by atoms with E-state index in [1.807, 2.05) is 0 Å². The van der Waals surface area contributed by atoms with Gasteiger partial charge in [0.1, 0.15) is 0 Å². The molecule has 13 heavy (non-hydrogen) atoms. The summed E-state index contributed by atoms with van der Waals surface area (Å²) in [6, 6.07) is 7.01. The number of aromatic nitrogens is 1. The lowest BCUT2D eigenvalue weighted by Crippen LogP contribution is -2.09. The lowest BCUT2D eigenvalue weighted by Gasteiger charge is -1.91. The average molecular weight is 176 g/mol. The zero-order valence-electron chi connectivity index (χ0n) is 6.77. The highest BCUT2D eigenvalue weighted by Gasteiger charge is 2.10. The molecular weight excluding hydrogens is 168 g/mol. The Morgan fingerprint density at radius 3 is 2.77 bits per heavy atom. The van der Waals surface area contributed by atoms with Crippen LogP contribution in [0.1, 0.15) is 10.4 Å². The Morgan fingerprint density at radius 1 is 1.38 bits per heavy atom. The summed E-state index contributed by atoms with van der Waals surface area (Å²) in [5, 5.41) is 10.0. The molecule has 2 aromatic rings. The summed E-state index contributed by atoms with van der Waals surface area (Å²) in [6.07, 6.45) is 1.31. The van der Waals surface area contributed by atoms with Gasteiger partial charge in [-0.15, -0.1) is 0 Å². The number of carbonyl (C=O) groups excluding carboxylic acids is 1. The predicted molar refractivity (Wildman–Crippen MR) is 47.6 cm³/mol. The molecule has 1 amide bonds. The third-order valence-electron chi connectivity index (χ3n) is 1.96. The zero-order chi connectivity index (χ0) is 9.42. The lowest BCUT2D eigenvalue weighted by atomic mass is 10.2. The van der Waals surface area contributed by atoms with E-state index in [-0.39, 0.29) is 0 Å². The Labute approximate surface area is 74.1 Å². The fourth-order valence-electron chi connectivity index (χ4n) is 1.36. The van der Waals surface area contributed by atoms with Gasteiger partial charge < -0.3 is 10.9 Å². The number of hydrogen-bond donors (Lipinski definition) is 2. The summed E-state index contributed by atoms with van der Waals surface area (Å²) in [5.74, 6) is -0.538. The molecule has 0 saturated heterocycles. The van der Waals surface area contributed by atoms with Crippen molar-refractivity contribution in [1.82, 2.24) is 4.73 Å². The Morgan fingerprint density at radius 2 is 2.08 bits per heavy atom. The highest BCUT2D eigenvalue weighted by molar-refractivity contribution is 6.06. The molecule has 0 spiro atoms. The summed E-state index contributed by atoms with van der Waals surface area (Å²) in [7, 11) is 0. The number of nitrogens with two attached hydrogens (primary N) is 1. The van der Waals surface area contributed by atoms with Crippen LogP contribution in [0.4, 0.5) is 0 Å². The van der Waals surface area contributed by atoms with Crippen molar-refractivity contribution in [3.63, 3.8) is 0 Å². The minimum absolute atomic E-state index is 0.332. The van der Waals surface area contributed by atoms with Crippen molar-refractivity contribution in [1.29, 1.82) is 0 Å². The maximum atomic E-state index is 10.9. The van der Waals surface area contributed by atoms with Crippen molar-refractivity contribution < 1.29 is 10.0 Å². The van der Waals surface area contributed by atoms with Crippen LogP contribution in [-0.4, -0.2) is 15.8 Å². The van der Waals surface area contributed by atoms with Crippen LogP contribution in [0.3, 0.4) is 0 Å². The first-order valence-electron chi connectivity index (χ1n) is 3.79. The van der Waals surface area contributed by atoms with Crippen LogP contribution in [0, 0.1) is 0 Å². The van der Waals surface area contributed by atoms with E-state index in [4.69, 9.17) is 5.73 Å². The standard InChI is InChI=1S/C9H8N2O2/c10-9(12)7-5-11(13)8-4-2-1-3-6(7)8/h1-5,13H,(H2,10,12). The minimum Gasteiger partial charge on any atom is -0.428 e. The van der Waals surface area contributed by atoms with E-state index in [2.05, 4.69) is 0 Å². The monoisotopic (exact) mass is 176 g/mol. The molecule has 0 saturated carbocycles. The summed E-state index contributed by atoms with van der Waals surface area (Å²) >= 11 is 0. The van der Waals surface area contributed by atoms with Crippen LogP contribution in [-0.2, 0) is 0 Å².